The minimum atomic E-state index is -0.388. The molecule has 0 aliphatic carbocycles. The van der Waals surface area contributed by atoms with Gasteiger partial charge in [0.15, 0.2) is 0 Å². The fraction of sp³-hybridized carbons (Fsp3) is 0.667. The lowest BCUT2D eigenvalue weighted by molar-refractivity contribution is -0.130. The average Bonchev–Trinajstić information content (AvgIpc) is 2.89. The van der Waals surface area contributed by atoms with Gasteiger partial charge in [-0.05, 0) is 25.8 Å². The summed E-state index contributed by atoms with van der Waals surface area (Å²) in [6.45, 7) is 3.85. The first-order chi connectivity index (χ1) is 10.2. The summed E-state index contributed by atoms with van der Waals surface area (Å²) in [6.07, 6.45) is 4.00. The number of carbonyl (C=O) groups is 1. The lowest BCUT2D eigenvalue weighted by Crippen LogP contribution is -2.46. The molecule has 114 valence electrons. The molecule has 5 nitrogen and oxygen atoms in total. The molecule has 2 aliphatic heterocycles. The lowest BCUT2D eigenvalue weighted by atomic mass is 10.0. The van der Waals surface area contributed by atoms with Gasteiger partial charge in [0.2, 0.25) is 5.91 Å². The number of rotatable bonds is 3. The quantitative estimate of drug-likeness (QED) is 0.848. The molecule has 1 aromatic rings. The van der Waals surface area contributed by atoms with Crippen LogP contribution in [0.1, 0.15) is 25.1 Å². The number of aromatic nitrogens is 2. The molecule has 1 aromatic heterocycles. The number of nitrogens with zero attached hydrogens (tertiary/aromatic N) is 4. The van der Waals surface area contributed by atoms with E-state index >= 15 is 0 Å². The minimum absolute atomic E-state index is 0.0972. The van der Waals surface area contributed by atoms with Gasteiger partial charge in [0.05, 0.1) is 6.67 Å². The van der Waals surface area contributed by atoms with Crippen LogP contribution in [0.25, 0.3) is 0 Å². The molecule has 0 radical (unpaired) electrons. The van der Waals surface area contributed by atoms with Crippen LogP contribution in [0.15, 0.2) is 12.3 Å². The largest absolute Gasteiger partial charge is 0.356 e. The minimum Gasteiger partial charge on any atom is -0.356 e. The van der Waals surface area contributed by atoms with Crippen molar-refractivity contribution in [1.82, 2.24) is 14.9 Å². The van der Waals surface area contributed by atoms with E-state index in [0.717, 1.165) is 37.6 Å². The van der Waals surface area contributed by atoms with E-state index in [0.29, 0.717) is 13.0 Å². The normalized spacial score (nSPS) is 23.9. The zero-order chi connectivity index (χ0) is 14.8. The monoisotopic (exact) mass is 292 g/mol. The number of piperidine rings is 1. The number of aryl methyl sites for hydroxylation is 1. The van der Waals surface area contributed by atoms with Crippen molar-refractivity contribution in [2.24, 2.45) is 5.92 Å². The van der Waals surface area contributed by atoms with Crippen molar-refractivity contribution in [3.05, 3.63) is 18.1 Å². The Morgan fingerprint density at radius 2 is 2.14 bits per heavy atom. The zero-order valence-corrected chi connectivity index (χ0v) is 12.3. The summed E-state index contributed by atoms with van der Waals surface area (Å²) in [7, 11) is 0. The molecule has 0 saturated carbocycles. The molecule has 0 spiro atoms. The lowest BCUT2D eigenvalue weighted by Gasteiger charge is -2.37. The summed E-state index contributed by atoms with van der Waals surface area (Å²) in [6, 6.07) is 2.18. The van der Waals surface area contributed by atoms with Crippen LogP contribution in [0.3, 0.4) is 0 Å². The molecule has 6 heteroatoms. The molecule has 3 heterocycles. The van der Waals surface area contributed by atoms with E-state index in [-0.39, 0.29) is 24.5 Å². The Bertz CT molecular complexity index is 516. The van der Waals surface area contributed by atoms with Crippen LogP contribution in [-0.2, 0) is 4.79 Å². The molecule has 1 amide bonds. The molecule has 1 unspecified atom stereocenters. The molecule has 0 N–H and O–H groups in total. The number of likely N-dealkylation sites (tertiary alicyclic amines) is 1. The molecule has 2 aliphatic rings. The standard InChI is InChI=1S/C15H21FN4O/c1-11-17-5-2-14(18-11)19-6-3-13(4-7-19)20-10-12(9-16)8-15(20)21/h2,5,12-13H,3-4,6-10H2,1H3. The molecule has 3 rings (SSSR count). The summed E-state index contributed by atoms with van der Waals surface area (Å²) < 4.78 is 12.7. The van der Waals surface area contributed by atoms with Gasteiger partial charge in [0.1, 0.15) is 11.6 Å². The van der Waals surface area contributed by atoms with Crippen LogP contribution >= 0.6 is 0 Å². The van der Waals surface area contributed by atoms with Crippen molar-refractivity contribution in [1.29, 1.82) is 0 Å². The molecule has 21 heavy (non-hydrogen) atoms. The van der Waals surface area contributed by atoms with Crippen molar-refractivity contribution in [3.63, 3.8) is 0 Å². The third-order valence-corrected chi connectivity index (χ3v) is 4.45. The van der Waals surface area contributed by atoms with E-state index in [1.165, 1.54) is 0 Å². The Balaban J connectivity index is 1.59. The highest BCUT2D eigenvalue weighted by Gasteiger charge is 2.35. The fourth-order valence-electron chi connectivity index (χ4n) is 3.29. The molecular formula is C15H21FN4O. The van der Waals surface area contributed by atoms with Gasteiger partial charge >= 0.3 is 0 Å². The second kappa shape index (κ2) is 5.95. The molecule has 0 bridgehead atoms. The number of carbonyl (C=O) groups excluding carboxylic acids is 1. The zero-order valence-electron chi connectivity index (χ0n) is 12.3. The van der Waals surface area contributed by atoms with E-state index < -0.39 is 0 Å². The van der Waals surface area contributed by atoms with Crippen LogP contribution in [0, 0.1) is 12.8 Å². The van der Waals surface area contributed by atoms with Crippen LogP contribution in [-0.4, -0.2) is 53.1 Å². The Morgan fingerprint density at radius 3 is 2.76 bits per heavy atom. The Hall–Kier alpha value is -1.72. The van der Waals surface area contributed by atoms with E-state index in [1.807, 2.05) is 17.9 Å². The molecule has 0 aromatic carbocycles. The predicted octanol–water partition coefficient (Wildman–Crippen LogP) is 1.57. The van der Waals surface area contributed by atoms with Gasteiger partial charge in [-0.25, -0.2) is 9.97 Å². The Kier molecular flexibility index (Phi) is 4.03. The van der Waals surface area contributed by atoms with Gasteiger partial charge in [-0.1, -0.05) is 0 Å². The summed E-state index contributed by atoms with van der Waals surface area (Å²) in [5.41, 5.74) is 0. The van der Waals surface area contributed by atoms with Crippen LogP contribution < -0.4 is 4.90 Å². The summed E-state index contributed by atoms with van der Waals surface area (Å²) >= 11 is 0. The van der Waals surface area contributed by atoms with Crippen LogP contribution in [0.2, 0.25) is 0 Å². The van der Waals surface area contributed by atoms with E-state index in [2.05, 4.69) is 14.9 Å². The predicted molar refractivity (Wildman–Crippen MR) is 77.8 cm³/mol. The van der Waals surface area contributed by atoms with E-state index in [1.54, 1.807) is 6.20 Å². The van der Waals surface area contributed by atoms with Crippen molar-refractivity contribution >= 4 is 11.7 Å². The number of hydrogen-bond acceptors (Lipinski definition) is 4. The number of halogens is 1. The van der Waals surface area contributed by atoms with Gasteiger partial charge in [-0.3, -0.25) is 9.18 Å². The van der Waals surface area contributed by atoms with Crippen LogP contribution in [0.5, 0.6) is 0 Å². The molecular weight excluding hydrogens is 271 g/mol. The van der Waals surface area contributed by atoms with Crippen molar-refractivity contribution in [2.75, 3.05) is 31.2 Å². The summed E-state index contributed by atoms with van der Waals surface area (Å²) in [5, 5.41) is 0. The number of amides is 1. The second-order valence-electron chi connectivity index (χ2n) is 5.95. The number of alkyl halides is 1. The van der Waals surface area contributed by atoms with Gasteiger partial charge in [-0.2, -0.15) is 0 Å². The van der Waals surface area contributed by atoms with Gasteiger partial charge in [-0.15, -0.1) is 0 Å². The molecule has 1 atom stereocenters. The average molecular weight is 292 g/mol. The Morgan fingerprint density at radius 1 is 1.38 bits per heavy atom. The first-order valence-corrected chi connectivity index (χ1v) is 7.57. The third-order valence-electron chi connectivity index (χ3n) is 4.45. The van der Waals surface area contributed by atoms with E-state index in [4.69, 9.17) is 0 Å². The summed E-state index contributed by atoms with van der Waals surface area (Å²) in [5.74, 6) is 1.75. The van der Waals surface area contributed by atoms with Gasteiger partial charge < -0.3 is 9.80 Å². The molecule has 2 saturated heterocycles. The van der Waals surface area contributed by atoms with E-state index in [9.17, 15) is 9.18 Å². The smallest absolute Gasteiger partial charge is 0.223 e. The maximum Gasteiger partial charge on any atom is 0.223 e. The number of hydrogen-bond donors (Lipinski definition) is 0. The van der Waals surface area contributed by atoms with Gasteiger partial charge in [0.25, 0.3) is 0 Å². The molecule has 2 fully saturated rings. The SMILES string of the molecule is Cc1nccc(N2CCC(N3CC(CF)CC3=O)CC2)n1. The highest BCUT2D eigenvalue weighted by molar-refractivity contribution is 5.79. The maximum absolute atomic E-state index is 12.7. The first kappa shape index (κ1) is 14.2. The first-order valence-electron chi connectivity index (χ1n) is 7.57. The fourth-order valence-corrected chi connectivity index (χ4v) is 3.29. The Labute approximate surface area is 124 Å². The highest BCUT2D eigenvalue weighted by Crippen LogP contribution is 2.27. The second-order valence-corrected chi connectivity index (χ2v) is 5.95. The van der Waals surface area contributed by atoms with Crippen LogP contribution in [0.4, 0.5) is 10.2 Å². The van der Waals surface area contributed by atoms with Crippen molar-refractivity contribution in [3.8, 4) is 0 Å². The van der Waals surface area contributed by atoms with Crippen molar-refractivity contribution < 1.29 is 9.18 Å². The maximum atomic E-state index is 12.7. The van der Waals surface area contributed by atoms with Gasteiger partial charge in [0, 0.05) is 44.2 Å². The third kappa shape index (κ3) is 2.99. The number of anilines is 1. The van der Waals surface area contributed by atoms with Crippen molar-refractivity contribution in [2.45, 2.75) is 32.2 Å². The summed E-state index contributed by atoms with van der Waals surface area (Å²) in [4.78, 5) is 24.7. The highest BCUT2D eigenvalue weighted by atomic mass is 19.1. The topological polar surface area (TPSA) is 49.3 Å².